The van der Waals surface area contributed by atoms with Gasteiger partial charge in [-0.3, -0.25) is 9.59 Å². The summed E-state index contributed by atoms with van der Waals surface area (Å²) in [6.07, 6.45) is 4.66. The van der Waals surface area contributed by atoms with Crippen LogP contribution in [0.2, 0.25) is 0 Å². The Balaban J connectivity index is 2.19. The second-order valence-electron chi connectivity index (χ2n) is 9.07. The molecule has 0 heterocycles. The summed E-state index contributed by atoms with van der Waals surface area (Å²) in [5.41, 5.74) is -0.164. The summed E-state index contributed by atoms with van der Waals surface area (Å²) in [5, 5.41) is 5.34. The van der Waals surface area contributed by atoms with Crippen molar-refractivity contribution in [2.45, 2.75) is 82.5 Å². The first kappa shape index (κ1) is 27.0. The maximum Gasteiger partial charge on any atom is 0.328 e. The van der Waals surface area contributed by atoms with E-state index in [1.54, 1.807) is 7.11 Å². The van der Waals surface area contributed by atoms with Gasteiger partial charge in [0.25, 0.3) is 0 Å². The third-order valence-corrected chi connectivity index (χ3v) is 6.92. The lowest BCUT2D eigenvalue weighted by atomic mass is 9.94. The zero-order chi connectivity index (χ0) is 24.4. The lowest BCUT2D eigenvalue weighted by Gasteiger charge is -2.32. The number of methoxy groups -OCH3 is 1. The smallest absolute Gasteiger partial charge is 0.328 e. The average Bonchev–Trinajstić information content (AvgIpc) is 3.28. The van der Waals surface area contributed by atoms with Gasteiger partial charge in [0.1, 0.15) is 17.3 Å². The Kier molecular flexibility index (Phi) is 10.5. The van der Waals surface area contributed by atoms with Gasteiger partial charge in [-0.2, -0.15) is 12.6 Å². The standard InChI is InChI=1S/C25H38N2O5S/c1-5-6-15-32-23(29)20(16-18-9-11-19(31-4)12-10-18)26-24(30)25(13-7-8-14-25)27-22(28)21(33)17(2)3/h9-12,17,20-21,33H,5-8,13-16H2,1-4H3,(H,26,30)(H,27,28)/t20-,21-/m0/s1. The van der Waals surface area contributed by atoms with Crippen molar-refractivity contribution in [3.05, 3.63) is 29.8 Å². The molecule has 0 aliphatic heterocycles. The Hall–Kier alpha value is -2.22. The number of rotatable bonds is 12. The molecule has 7 nitrogen and oxygen atoms in total. The molecule has 2 rings (SSSR count). The van der Waals surface area contributed by atoms with Crippen LogP contribution in [0.5, 0.6) is 5.75 Å². The number of ether oxygens (including phenoxy) is 2. The van der Waals surface area contributed by atoms with Gasteiger partial charge in [-0.15, -0.1) is 0 Å². The van der Waals surface area contributed by atoms with E-state index < -0.39 is 22.8 Å². The Morgan fingerprint density at radius 3 is 2.30 bits per heavy atom. The van der Waals surface area contributed by atoms with E-state index in [0.29, 0.717) is 25.2 Å². The van der Waals surface area contributed by atoms with Gasteiger partial charge in [0.2, 0.25) is 11.8 Å². The molecule has 0 radical (unpaired) electrons. The number of thiol groups is 1. The van der Waals surface area contributed by atoms with Gasteiger partial charge >= 0.3 is 5.97 Å². The molecule has 0 unspecified atom stereocenters. The molecule has 2 N–H and O–H groups in total. The number of carbonyl (C=O) groups is 3. The molecule has 0 bridgehead atoms. The van der Waals surface area contributed by atoms with E-state index in [4.69, 9.17) is 9.47 Å². The molecular weight excluding hydrogens is 440 g/mol. The van der Waals surface area contributed by atoms with Crippen molar-refractivity contribution in [3.63, 3.8) is 0 Å². The van der Waals surface area contributed by atoms with Crippen LogP contribution in [0.25, 0.3) is 0 Å². The Morgan fingerprint density at radius 2 is 1.76 bits per heavy atom. The fourth-order valence-corrected chi connectivity index (χ4v) is 3.97. The molecule has 1 aliphatic carbocycles. The van der Waals surface area contributed by atoms with Crippen molar-refractivity contribution < 1.29 is 23.9 Å². The van der Waals surface area contributed by atoms with Crippen LogP contribution in [-0.2, 0) is 25.5 Å². The van der Waals surface area contributed by atoms with E-state index >= 15 is 0 Å². The number of unbranched alkanes of at least 4 members (excludes halogenated alkanes) is 1. The topological polar surface area (TPSA) is 93.7 Å². The van der Waals surface area contributed by atoms with Gasteiger partial charge in [-0.1, -0.05) is 52.2 Å². The first-order chi connectivity index (χ1) is 15.7. The molecule has 2 amide bonds. The molecular formula is C25H38N2O5S. The van der Waals surface area contributed by atoms with Crippen LogP contribution >= 0.6 is 12.6 Å². The van der Waals surface area contributed by atoms with Crippen LogP contribution in [0, 0.1) is 5.92 Å². The average molecular weight is 479 g/mol. The number of benzene rings is 1. The molecule has 1 aromatic carbocycles. The highest BCUT2D eigenvalue weighted by atomic mass is 32.1. The van der Waals surface area contributed by atoms with Gasteiger partial charge in [-0.25, -0.2) is 4.79 Å². The molecule has 1 aromatic rings. The van der Waals surface area contributed by atoms with Crippen LogP contribution in [0.15, 0.2) is 24.3 Å². The van der Waals surface area contributed by atoms with Crippen molar-refractivity contribution in [1.29, 1.82) is 0 Å². The molecule has 1 aliphatic rings. The van der Waals surface area contributed by atoms with Crippen molar-refractivity contribution >= 4 is 30.4 Å². The Morgan fingerprint density at radius 1 is 1.12 bits per heavy atom. The first-order valence-corrected chi connectivity index (χ1v) is 12.3. The van der Waals surface area contributed by atoms with Gasteiger partial charge in [0, 0.05) is 6.42 Å². The minimum atomic E-state index is -1.03. The van der Waals surface area contributed by atoms with E-state index in [9.17, 15) is 14.4 Å². The largest absolute Gasteiger partial charge is 0.497 e. The summed E-state index contributed by atoms with van der Waals surface area (Å²) < 4.78 is 10.6. The predicted molar refractivity (Wildman–Crippen MR) is 131 cm³/mol. The van der Waals surface area contributed by atoms with Gasteiger partial charge in [0.05, 0.1) is 19.0 Å². The lowest BCUT2D eigenvalue weighted by Crippen LogP contribution is -2.61. The number of esters is 1. The molecule has 0 saturated heterocycles. The predicted octanol–water partition coefficient (Wildman–Crippen LogP) is 3.45. The Bertz CT molecular complexity index is 790. The summed E-state index contributed by atoms with van der Waals surface area (Å²) in [6.45, 7) is 6.15. The SMILES string of the molecule is CCCCOC(=O)[C@H](Cc1ccc(OC)cc1)NC(=O)C1(NC(=O)[C@@H](S)C(C)C)CCCC1. The highest BCUT2D eigenvalue weighted by molar-refractivity contribution is 7.81. The number of nitrogens with one attached hydrogen (secondary N) is 2. The van der Waals surface area contributed by atoms with Gasteiger partial charge in [-0.05, 0) is 42.9 Å². The highest BCUT2D eigenvalue weighted by Crippen LogP contribution is 2.31. The highest BCUT2D eigenvalue weighted by Gasteiger charge is 2.44. The summed E-state index contributed by atoms with van der Waals surface area (Å²) in [4.78, 5) is 39.0. The summed E-state index contributed by atoms with van der Waals surface area (Å²) >= 11 is 4.40. The molecule has 0 aromatic heterocycles. The lowest BCUT2D eigenvalue weighted by molar-refractivity contribution is -0.148. The minimum Gasteiger partial charge on any atom is -0.497 e. The zero-order valence-electron chi connectivity index (χ0n) is 20.2. The van der Waals surface area contributed by atoms with Crippen molar-refractivity contribution in [2.75, 3.05) is 13.7 Å². The summed E-state index contributed by atoms with van der Waals surface area (Å²) in [6, 6.07) is 6.49. The van der Waals surface area contributed by atoms with Gasteiger partial charge < -0.3 is 20.1 Å². The molecule has 184 valence electrons. The maximum atomic E-state index is 13.5. The normalized spacial score (nSPS) is 16.7. The third-order valence-electron chi connectivity index (χ3n) is 6.09. The number of hydrogen-bond acceptors (Lipinski definition) is 6. The van der Waals surface area contributed by atoms with E-state index in [-0.39, 0.29) is 24.2 Å². The molecule has 33 heavy (non-hydrogen) atoms. The second kappa shape index (κ2) is 12.9. The van der Waals surface area contributed by atoms with Crippen LogP contribution in [-0.4, -0.2) is 48.3 Å². The van der Waals surface area contributed by atoms with E-state index in [1.807, 2.05) is 45.0 Å². The fourth-order valence-electron chi connectivity index (χ4n) is 3.90. The third kappa shape index (κ3) is 7.66. The maximum absolute atomic E-state index is 13.5. The van der Waals surface area contributed by atoms with E-state index in [1.165, 1.54) is 0 Å². The van der Waals surface area contributed by atoms with Crippen molar-refractivity contribution in [1.82, 2.24) is 10.6 Å². The van der Waals surface area contributed by atoms with E-state index in [0.717, 1.165) is 31.2 Å². The molecule has 1 saturated carbocycles. The van der Waals surface area contributed by atoms with E-state index in [2.05, 4.69) is 23.3 Å². The number of carbonyl (C=O) groups excluding carboxylic acids is 3. The summed E-state index contributed by atoms with van der Waals surface area (Å²) in [7, 11) is 1.59. The van der Waals surface area contributed by atoms with Crippen LogP contribution in [0.4, 0.5) is 0 Å². The van der Waals surface area contributed by atoms with Crippen LogP contribution in [0.3, 0.4) is 0 Å². The molecule has 1 fully saturated rings. The molecule has 8 heteroatoms. The van der Waals surface area contributed by atoms with Crippen LogP contribution < -0.4 is 15.4 Å². The second-order valence-corrected chi connectivity index (χ2v) is 9.62. The minimum absolute atomic E-state index is 0.0335. The van der Waals surface area contributed by atoms with Crippen molar-refractivity contribution in [2.24, 2.45) is 5.92 Å². The first-order valence-electron chi connectivity index (χ1n) is 11.8. The van der Waals surface area contributed by atoms with Gasteiger partial charge in [0.15, 0.2) is 0 Å². The number of amides is 2. The quantitative estimate of drug-likeness (QED) is 0.243. The zero-order valence-corrected chi connectivity index (χ0v) is 21.1. The molecule has 0 spiro atoms. The summed E-state index contributed by atoms with van der Waals surface area (Å²) in [5.74, 6) is -0.331. The van der Waals surface area contributed by atoms with Crippen molar-refractivity contribution in [3.8, 4) is 5.75 Å². The number of hydrogen-bond donors (Lipinski definition) is 3. The Labute approximate surface area is 202 Å². The molecule has 2 atom stereocenters. The monoisotopic (exact) mass is 478 g/mol. The van der Waals surface area contributed by atoms with Crippen LogP contribution in [0.1, 0.15) is 64.9 Å². The fraction of sp³-hybridized carbons (Fsp3) is 0.640.